The van der Waals surface area contributed by atoms with Crippen LogP contribution in [-0.4, -0.2) is 16.7 Å². The highest BCUT2D eigenvalue weighted by Gasteiger charge is 2.19. The Morgan fingerprint density at radius 2 is 2.04 bits per heavy atom. The van der Waals surface area contributed by atoms with E-state index in [1.165, 1.54) is 18.2 Å². The van der Waals surface area contributed by atoms with E-state index in [-0.39, 0.29) is 23.9 Å². The third-order valence-corrected chi connectivity index (χ3v) is 3.65. The van der Waals surface area contributed by atoms with Gasteiger partial charge in [0.25, 0.3) is 11.6 Å². The molecule has 1 aliphatic rings. The van der Waals surface area contributed by atoms with E-state index in [0.29, 0.717) is 16.8 Å². The fourth-order valence-electron chi connectivity index (χ4n) is 2.52. The number of hydrogen-bond donors (Lipinski definition) is 2. The lowest BCUT2D eigenvalue weighted by molar-refractivity contribution is -0.384. The van der Waals surface area contributed by atoms with Crippen LogP contribution in [0.5, 0.6) is 0 Å². The van der Waals surface area contributed by atoms with E-state index in [0.717, 1.165) is 11.3 Å². The third kappa shape index (κ3) is 2.89. The number of aryl methyl sites for hydroxylation is 1. The second-order valence-corrected chi connectivity index (χ2v) is 5.31. The summed E-state index contributed by atoms with van der Waals surface area (Å²) in [6, 6.07) is 9.27. The molecular weight excluding hydrogens is 298 g/mol. The Balaban J connectivity index is 1.81. The van der Waals surface area contributed by atoms with Crippen LogP contribution >= 0.6 is 0 Å². The van der Waals surface area contributed by atoms with Gasteiger partial charge in [-0.05, 0) is 42.3 Å². The zero-order chi connectivity index (χ0) is 16.6. The predicted molar refractivity (Wildman–Crippen MR) is 84.6 cm³/mol. The normalized spacial score (nSPS) is 12.5. The van der Waals surface area contributed by atoms with Crippen molar-refractivity contribution in [3.05, 3.63) is 63.2 Å². The Morgan fingerprint density at radius 1 is 1.26 bits per heavy atom. The monoisotopic (exact) mass is 311 g/mol. The maximum atomic E-state index is 12.3. The predicted octanol–water partition coefficient (Wildman–Crippen LogP) is 2.65. The fraction of sp³-hybridized carbons (Fsp3) is 0.125. The van der Waals surface area contributed by atoms with Crippen LogP contribution in [0.2, 0.25) is 0 Å². The topological polar surface area (TPSA) is 101 Å². The molecule has 0 bridgehead atoms. The van der Waals surface area contributed by atoms with Crippen LogP contribution in [0.25, 0.3) is 0 Å². The van der Waals surface area contributed by atoms with Crippen LogP contribution in [0.1, 0.15) is 21.5 Å². The largest absolute Gasteiger partial charge is 0.326 e. The number of fused-ring (bicyclic) bond motifs is 1. The van der Waals surface area contributed by atoms with Crippen LogP contribution in [0, 0.1) is 17.0 Å². The van der Waals surface area contributed by atoms with Gasteiger partial charge in [-0.3, -0.25) is 19.7 Å². The van der Waals surface area contributed by atoms with E-state index >= 15 is 0 Å². The summed E-state index contributed by atoms with van der Waals surface area (Å²) in [7, 11) is 0. The first-order valence-electron chi connectivity index (χ1n) is 6.93. The van der Waals surface area contributed by atoms with Crippen LogP contribution in [0.3, 0.4) is 0 Å². The zero-order valence-electron chi connectivity index (χ0n) is 12.3. The van der Waals surface area contributed by atoms with Gasteiger partial charge in [-0.15, -0.1) is 0 Å². The molecule has 0 saturated heterocycles. The van der Waals surface area contributed by atoms with Crippen molar-refractivity contribution in [1.29, 1.82) is 0 Å². The van der Waals surface area contributed by atoms with Gasteiger partial charge in [-0.1, -0.05) is 0 Å². The summed E-state index contributed by atoms with van der Waals surface area (Å²) in [4.78, 5) is 33.9. The third-order valence-electron chi connectivity index (χ3n) is 3.65. The number of benzene rings is 2. The SMILES string of the molecule is Cc1cc([N+](=O)[O-])ccc1C(=O)Nc1ccc2c(c1)CC(=O)N2. The summed E-state index contributed by atoms with van der Waals surface area (Å²) in [5, 5.41) is 16.2. The maximum absolute atomic E-state index is 12.3. The molecule has 2 amide bonds. The number of rotatable bonds is 3. The van der Waals surface area contributed by atoms with Crippen molar-refractivity contribution in [2.45, 2.75) is 13.3 Å². The van der Waals surface area contributed by atoms with Gasteiger partial charge in [-0.25, -0.2) is 0 Å². The zero-order valence-corrected chi connectivity index (χ0v) is 12.3. The molecule has 1 heterocycles. The molecule has 7 heteroatoms. The standard InChI is InChI=1S/C16H13N3O4/c1-9-6-12(19(22)23)3-4-13(9)16(21)17-11-2-5-14-10(7-11)8-15(20)18-14/h2-7H,8H2,1H3,(H,17,21)(H,18,20). The Labute approximate surface area is 131 Å². The second kappa shape index (κ2) is 5.53. The maximum Gasteiger partial charge on any atom is 0.269 e. The van der Waals surface area contributed by atoms with Crippen molar-refractivity contribution in [3.63, 3.8) is 0 Å². The first-order valence-corrected chi connectivity index (χ1v) is 6.93. The summed E-state index contributed by atoms with van der Waals surface area (Å²) in [5.41, 5.74) is 2.98. The number of carbonyl (C=O) groups is 2. The molecule has 7 nitrogen and oxygen atoms in total. The highest BCUT2D eigenvalue weighted by Crippen LogP contribution is 2.26. The quantitative estimate of drug-likeness (QED) is 0.672. The van der Waals surface area contributed by atoms with Gasteiger partial charge in [0, 0.05) is 29.1 Å². The van der Waals surface area contributed by atoms with Crippen molar-refractivity contribution < 1.29 is 14.5 Å². The average molecular weight is 311 g/mol. The highest BCUT2D eigenvalue weighted by atomic mass is 16.6. The van der Waals surface area contributed by atoms with E-state index in [1.54, 1.807) is 25.1 Å². The lowest BCUT2D eigenvalue weighted by atomic mass is 10.1. The molecule has 116 valence electrons. The number of carbonyl (C=O) groups excluding carboxylic acids is 2. The molecule has 2 N–H and O–H groups in total. The number of nitro benzene ring substituents is 1. The van der Waals surface area contributed by atoms with Crippen molar-refractivity contribution in [3.8, 4) is 0 Å². The molecule has 0 aromatic heterocycles. The van der Waals surface area contributed by atoms with E-state index < -0.39 is 4.92 Å². The van der Waals surface area contributed by atoms with Gasteiger partial charge in [0.1, 0.15) is 0 Å². The van der Waals surface area contributed by atoms with Gasteiger partial charge in [0.15, 0.2) is 0 Å². The van der Waals surface area contributed by atoms with Crippen molar-refractivity contribution in [2.75, 3.05) is 10.6 Å². The van der Waals surface area contributed by atoms with Gasteiger partial charge in [0.2, 0.25) is 5.91 Å². The molecule has 23 heavy (non-hydrogen) atoms. The molecule has 0 fully saturated rings. The van der Waals surface area contributed by atoms with Crippen molar-refractivity contribution in [2.24, 2.45) is 0 Å². The number of hydrogen-bond acceptors (Lipinski definition) is 4. The van der Waals surface area contributed by atoms with E-state index in [1.807, 2.05) is 0 Å². The number of nitrogens with zero attached hydrogens (tertiary/aromatic N) is 1. The number of nitrogens with one attached hydrogen (secondary N) is 2. The van der Waals surface area contributed by atoms with Crippen LogP contribution in [0.15, 0.2) is 36.4 Å². The molecule has 0 atom stereocenters. The molecule has 2 aromatic carbocycles. The summed E-state index contributed by atoms with van der Waals surface area (Å²) >= 11 is 0. The molecule has 1 aliphatic heterocycles. The summed E-state index contributed by atoms with van der Waals surface area (Å²) in [6.45, 7) is 1.65. The minimum Gasteiger partial charge on any atom is -0.326 e. The van der Waals surface area contributed by atoms with Gasteiger partial charge < -0.3 is 10.6 Å². The molecule has 3 rings (SSSR count). The van der Waals surface area contributed by atoms with Gasteiger partial charge >= 0.3 is 0 Å². The Hall–Kier alpha value is -3.22. The lowest BCUT2D eigenvalue weighted by Gasteiger charge is -2.09. The Kier molecular flexibility index (Phi) is 3.53. The van der Waals surface area contributed by atoms with Crippen LogP contribution in [0.4, 0.5) is 17.1 Å². The first kappa shape index (κ1) is 14.7. The molecule has 0 saturated carbocycles. The molecular formula is C16H13N3O4. The number of nitro groups is 1. The number of amides is 2. The van der Waals surface area contributed by atoms with Gasteiger partial charge in [0.05, 0.1) is 11.3 Å². The molecule has 2 aromatic rings. The Morgan fingerprint density at radius 3 is 2.74 bits per heavy atom. The summed E-state index contributed by atoms with van der Waals surface area (Å²) in [6.07, 6.45) is 0.287. The first-order chi connectivity index (χ1) is 10.9. The highest BCUT2D eigenvalue weighted by molar-refractivity contribution is 6.06. The minimum absolute atomic E-state index is 0.0545. The molecule has 0 aliphatic carbocycles. The van der Waals surface area contributed by atoms with E-state index in [4.69, 9.17) is 0 Å². The molecule has 0 radical (unpaired) electrons. The second-order valence-electron chi connectivity index (χ2n) is 5.31. The van der Waals surface area contributed by atoms with Crippen LogP contribution < -0.4 is 10.6 Å². The lowest BCUT2D eigenvalue weighted by Crippen LogP contribution is -2.13. The summed E-state index contributed by atoms with van der Waals surface area (Å²) in [5.74, 6) is -0.427. The molecule has 0 unspecified atom stereocenters. The summed E-state index contributed by atoms with van der Waals surface area (Å²) < 4.78 is 0. The average Bonchev–Trinajstić information content (AvgIpc) is 2.86. The van der Waals surface area contributed by atoms with Crippen molar-refractivity contribution in [1.82, 2.24) is 0 Å². The number of anilines is 2. The minimum atomic E-state index is -0.501. The van der Waals surface area contributed by atoms with Crippen LogP contribution in [-0.2, 0) is 11.2 Å². The van der Waals surface area contributed by atoms with Gasteiger partial charge in [-0.2, -0.15) is 0 Å². The Bertz CT molecular complexity index is 845. The van der Waals surface area contributed by atoms with E-state index in [9.17, 15) is 19.7 Å². The molecule has 0 spiro atoms. The van der Waals surface area contributed by atoms with Crippen molar-refractivity contribution >= 4 is 28.9 Å². The fourth-order valence-corrected chi connectivity index (χ4v) is 2.52. The van der Waals surface area contributed by atoms with E-state index in [2.05, 4.69) is 10.6 Å². The number of non-ortho nitro benzene ring substituents is 1. The smallest absolute Gasteiger partial charge is 0.269 e.